The van der Waals surface area contributed by atoms with Crippen LogP contribution in [0.1, 0.15) is 39.2 Å². The summed E-state index contributed by atoms with van der Waals surface area (Å²) in [6.45, 7) is 6.47. The van der Waals surface area contributed by atoms with Gasteiger partial charge in [0.1, 0.15) is 24.0 Å². The maximum absolute atomic E-state index is 12.7. The molecule has 0 bridgehead atoms. The van der Waals surface area contributed by atoms with Gasteiger partial charge in [-0.15, -0.1) is 0 Å². The van der Waals surface area contributed by atoms with Crippen molar-refractivity contribution in [1.82, 2.24) is 10.2 Å². The molecule has 1 atom stereocenters. The quantitative estimate of drug-likeness (QED) is 0.773. The first-order valence-corrected chi connectivity index (χ1v) is 9.25. The topological polar surface area (TPSA) is 94.2 Å². The molecule has 0 aliphatic carbocycles. The van der Waals surface area contributed by atoms with Gasteiger partial charge in [-0.05, 0) is 33.3 Å². The Bertz CT molecular complexity index is 713. The second kappa shape index (κ2) is 9.43. The molecule has 1 heterocycles. The van der Waals surface area contributed by atoms with Crippen LogP contribution in [-0.2, 0) is 25.6 Å². The molecule has 1 aromatic rings. The van der Waals surface area contributed by atoms with E-state index in [2.05, 4.69) is 5.32 Å². The SMILES string of the molecule is COC(=O)[C@H](CCC(=O)N1CCOc2ccccc2C1)NC(=O)OC(C)(C)C. The summed E-state index contributed by atoms with van der Waals surface area (Å²) < 4.78 is 15.6. The van der Waals surface area contributed by atoms with Crippen molar-refractivity contribution in [1.29, 1.82) is 0 Å². The zero-order valence-corrected chi connectivity index (χ0v) is 16.8. The average molecular weight is 392 g/mol. The Morgan fingerprint density at radius 2 is 1.96 bits per heavy atom. The van der Waals surface area contributed by atoms with E-state index in [9.17, 15) is 14.4 Å². The van der Waals surface area contributed by atoms with E-state index in [4.69, 9.17) is 14.2 Å². The fourth-order valence-corrected chi connectivity index (χ4v) is 2.81. The molecular formula is C20H28N2O6. The third-order valence-electron chi connectivity index (χ3n) is 4.13. The van der Waals surface area contributed by atoms with Gasteiger partial charge in [0.05, 0.1) is 13.7 Å². The fraction of sp³-hybridized carbons (Fsp3) is 0.550. The summed E-state index contributed by atoms with van der Waals surface area (Å²) in [6.07, 6.45) is -0.533. The third kappa shape index (κ3) is 6.44. The largest absolute Gasteiger partial charge is 0.491 e. The van der Waals surface area contributed by atoms with Crippen molar-refractivity contribution in [2.75, 3.05) is 20.3 Å². The Labute approximate surface area is 165 Å². The highest BCUT2D eigenvalue weighted by molar-refractivity contribution is 5.83. The van der Waals surface area contributed by atoms with E-state index in [-0.39, 0.29) is 18.7 Å². The Kier molecular flexibility index (Phi) is 7.25. The van der Waals surface area contributed by atoms with Crippen LogP contribution in [0.2, 0.25) is 0 Å². The summed E-state index contributed by atoms with van der Waals surface area (Å²) in [6, 6.07) is 6.62. The number of carbonyl (C=O) groups is 3. The van der Waals surface area contributed by atoms with E-state index in [1.54, 1.807) is 25.7 Å². The summed E-state index contributed by atoms with van der Waals surface area (Å²) in [4.78, 5) is 38.3. The van der Waals surface area contributed by atoms with E-state index < -0.39 is 23.7 Å². The van der Waals surface area contributed by atoms with Crippen molar-refractivity contribution < 1.29 is 28.6 Å². The number of nitrogens with one attached hydrogen (secondary N) is 1. The number of ether oxygens (including phenoxy) is 3. The highest BCUT2D eigenvalue weighted by atomic mass is 16.6. The Morgan fingerprint density at radius 1 is 1.25 bits per heavy atom. The first-order valence-electron chi connectivity index (χ1n) is 9.25. The molecule has 0 aromatic heterocycles. The van der Waals surface area contributed by atoms with Crippen molar-refractivity contribution in [3.63, 3.8) is 0 Å². The molecule has 1 aliphatic rings. The summed E-state index contributed by atoms with van der Waals surface area (Å²) in [5, 5.41) is 2.48. The van der Waals surface area contributed by atoms with Gasteiger partial charge in [0, 0.05) is 18.5 Å². The molecule has 0 saturated heterocycles. The molecule has 8 nitrogen and oxygen atoms in total. The summed E-state index contributed by atoms with van der Waals surface area (Å²) >= 11 is 0. The number of rotatable bonds is 5. The first-order chi connectivity index (χ1) is 13.2. The smallest absolute Gasteiger partial charge is 0.408 e. The molecule has 0 radical (unpaired) electrons. The Morgan fingerprint density at radius 3 is 2.64 bits per heavy atom. The standard InChI is InChI=1S/C20H28N2O6/c1-20(2,3)28-19(25)21-15(18(24)26-4)9-10-17(23)22-11-12-27-16-8-6-5-7-14(16)13-22/h5-8,15H,9-13H2,1-4H3,(H,21,25)/t15-/m0/s1. The van der Waals surface area contributed by atoms with Gasteiger partial charge in [-0.2, -0.15) is 0 Å². The van der Waals surface area contributed by atoms with Crippen LogP contribution in [0.5, 0.6) is 5.75 Å². The van der Waals surface area contributed by atoms with Crippen LogP contribution in [0.3, 0.4) is 0 Å². The lowest BCUT2D eigenvalue weighted by atomic mass is 10.1. The van der Waals surface area contributed by atoms with Crippen LogP contribution in [0, 0.1) is 0 Å². The number of amides is 2. The predicted molar refractivity (Wildman–Crippen MR) is 102 cm³/mol. The van der Waals surface area contributed by atoms with Gasteiger partial charge in [0.25, 0.3) is 0 Å². The molecule has 8 heteroatoms. The number of hydrogen-bond donors (Lipinski definition) is 1. The van der Waals surface area contributed by atoms with Gasteiger partial charge in [-0.1, -0.05) is 18.2 Å². The minimum Gasteiger partial charge on any atom is -0.491 e. The zero-order chi connectivity index (χ0) is 20.7. The highest BCUT2D eigenvalue weighted by Crippen LogP contribution is 2.23. The second-order valence-electron chi connectivity index (χ2n) is 7.53. The van der Waals surface area contributed by atoms with E-state index in [0.717, 1.165) is 11.3 Å². The number of methoxy groups -OCH3 is 1. The van der Waals surface area contributed by atoms with E-state index in [1.807, 2.05) is 24.3 Å². The molecule has 1 aliphatic heterocycles. The molecule has 0 spiro atoms. The van der Waals surface area contributed by atoms with E-state index in [1.165, 1.54) is 7.11 Å². The molecule has 28 heavy (non-hydrogen) atoms. The number of carbonyl (C=O) groups excluding carboxylic acids is 3. The van der Waals surface area contributed by atoms with Crippen molar-refractivity contribution in [2.45, 2.75) is 51.8 Å². The van der Waals surface area contributed by atoms with Gasteiger partial charge < -0.3 is 24.4 Å². The van der Waals surface area contributed by atoms with Gasteiger partial charge in [-0.3, -0.25) is 4.79 Å². The highest BCUT2D eigenvalue weighted by Gasteiger charge is 2.27. The summed E-state index contributed by atoms with van der Waals surface area (Å²) in [5.74, 6) is 0.0280. The normalized spacial score (nSPS) is 14.8. The van der Waals surface area contributed by atoms with Gasteiger partial charge in [0.2, 0.25) is 5.91 Å². The van der Waals surface area contributed by atoms with Crippen LogP contribution in [0.4, 0.5) is 4.79 Å². The van der Waals surface area contributed by atoms with Crippen LogP contribution in [0.25, 0.3) is 0 Å². The van der Waals surface area contributed by atoms with Crippen LogP contribution in [-0.4, -0.2) is 54.8 Å². The van der Waals surface area contributed by atoms with E-state index >= 15 is 0 Å². The van der Waals surface area contributed by atoms with Gasteiger partial charge >= 0.3 is 12.1 Å². The molecule has 0 unspecified atom stereocenters. The minimum absolute atomic E-state index is 0.0811. The third-order valence-corrected chi connectivity index (χ3v) is 4.13. The monoisotopic (exact) mass is 392 g/mol. The number of esters is 1. The summed E-state index contributed by atoms with van der Waals surface area (Å²) in [7, 11) is 1.23. The maximum atomic E-state index is 12.7. The molecule has 1 N–H and O–H groups in total. The molecule has 1 aromatic carbocycles. The lowest BCUT2D eigenvalue weighted by Gasteiger charge is -2.24. The van der Waals surface area contributed by atoms with Gasteiger partial charge in [0.15, 0.2) is 0 Å². The van der Waals surface area contributed by atoms with Gasteiger partial charge in [-0.25, -0.2) is 9.59 Å². The number of nitrogens with zero attached hydrogens (tertiary/aromatic N) is 1. The number of hydrogen-bond acceptors (Lipinski definition) is 6. The van der Waals surface area contributed by atoms with Crippen molar-refractivity contribution in [2.24, 2.45) is 0 Å². The lowest BCUT2D eigenvalue weighted by Crippen LogP contribution is -2.44. The van der Waals surface area contributed by atoms with Crippen LogP contribution in [0.15, 0.2) is 24.3 Å². The molecular weight excluding hydrogens is 364 g/mol. The zero-order valence-electron chi connectivity index (χ0n) is 16.8. The molecule has 0 fully saturated rings. The lowest BCUT2D eigenvalue weighted by molar-refractivity contribution is -0.143. The molecule has 154 valence electrons. The number of para-hydroxylation sites is 1. The number of benzene rings is 1. The minimum atomic E-state index is -0.959. The van der Waals surface area contributed by atoms with Crippen molar-refractivity contribution >= 4 is 18.0 Å². The summed E-state index contributed by atoms with van der Waals surface area (Å²) in [5.41, 5.74) is 0.241. The Hall–Kier alpha value is -2.77. The van der Waals surface area contributed by atoms with E-state index in [0.29, 0.717) is 19.7 Å². The second-order valence-corrected chi connectivity index (χ2v) is 7.53. The number of alkyl carbamates (subject to hydrolysis) is 1. The maximum Gasteiger partial charge on any atom is 0.408 e. The Balaban J connectivity index is 1.95. The van der Waals surface area contributed by atoms with Crippen molar-refractivity contribution in [3.05, 3.63) is 29.8 Å². The van der Waals surface area contributed by atoms with Crippen LogP contribution < -0.4 is 10.1 Å². The average Bonchev–Trinajstić information content (AvgIpc) is 2.85. The molecule has 0 saturated carbocycles. The molecule has 2 rings (SSSR count). The van der Waals surface area contributed by atoms with Crippen molar-refractivity contribution in [3.8, 4) is 5.75 Å². The molecule has 2 amide bonds. The number of fused-ring (bicyclic) bond motifs is 1. The predicted octanol–water partition coefficient (Wildman–Crippen LogP) is 2.25. The van der Waals surface area contributed by atoms with Crippen LogP contribution >= 0.6 is 0 Å². The fourth-order valence-electron chi connectivity index (χ4n) is 2.81. The first kappa shape index (κ1) is 21.5.